The van der Waals surface area contributed by atoms with Gasteiger partial charge in [0.15, 0.2) is 0 Å². The van der Waals surface area contributed by atoms with E-state index in [0.717, 1.165) is 11.1 Å². The standard InChI is InChI=1S/C12H16N2O3/c1-10(5-3-4-8-15)9-11(2)12(14-17)6-7-13-16/h3-5,8-9,17H,6-7H2,1-2H3. The Morgan fingerprint density at radius 3 is 2.53 bits per heavy atom. The van der Waals surface area contributed by atoms with Gasteiger partial charge in [-0.3, -0.25) is 4.79 Å². The molecule has 0 aromatic rings. The van der Waals surface area contributed by atoms with Gasteiger partial charge in [0.25, 0.3) is 0 Å². The maximum atomic E-state index is 10.1. The number of hydrogen-bond acceptors (Lipinski definition) is 5. The fraction of sp³-hybridized carbons (Fsp3) is 0.333. The minimum atomic E-state index is 0.0817. The molecule has 0 bridgehead atoms. The molecule has 0 aliphatic rings. The number of oxime groups is 1. The van der Waals surface area contributed by atoms with E-state index >= 15 is 0 Å². The average molecular weight is 236 g/mol. The maximum absolute atomic E-state index is 10.1. The molecule has 92 valence electrons. The van der Waals surface area contributed by atoms with Crippen LogP contribution in [0.4, 0.5) is 0 Å². The minimum absolute atomic E-state index is 0.0817. The molecule has 5 nitrogen and oxygen atoms in total. The quantitative estimate of drug-likeness (QED) is 0.140. The van der Waals surface area contributed by atoms with Gasteiger partial charge in [-0.15, -0.1) is 0 Å². The van der Waals surface area contributed by atoms with Crippen molar-refractivity contribution < 1.29 is 10.0 Å². The number of nitrogens with zero attached hydrogens (tertiary/aromatic N) is 2. The zero-order valence-electron chi connectivity index (χ0n) is 9.96. The zero-order chi connectivity index (χ0) is 13.1. The number of aldehydes is 1. The SMILES string of the molecule is CC(=CC=CC=O)C=C(C)C(CCN=O)=NO. The van der Waals surface area contributed by atoms with Crippen molar-refractivity contribution in [1.29, 1.82) is 0 Å². The Kier molecular flexibility index (Phi) is 8.10. The largest absolute Gasteiger partial charge is 0.411 e. The predicted molar refractivity (Wildman–Crippen MR) is 67.2 cm³/mol. The van der Waals surface area contributed by atoms with Crippen molar-refractivity contribution in [2.24, 2.45) is 10.3 Å². The molecular weight excluding hydrogens is 220 g/mol. The van der Waals surface area contributed by atoms with Crippen LogP contribution in [0.3, 0.4) is 0 Å². The van der Waals surface area contributed by atoms with Crippen LogP contribution in [0, 0.1) is 4.91 Å². The molecule has 0 atom stereocenters. The molecule has 0 aromatic heterocycles. The Hall–Kier alpha value is -2.04. The molecule has 0 heterocycles. The van der Waals surface area contributed by atoms with Crippen LogP contribution in [0.2, 0.25) is 0 Å². The first-order valence-electron chi connectivity index (χ1n) is 5.13. The lowest BCUT2D eigenvalue weighted by atomic mass is 10.1. The predicted octanol–water partition coefficient (Wildman–Crippen LogP) is 2.62. The molecule has 0 amide bonds. The van der Waals surface area contributed by atoms with Crippen molar-refractivity contribution in [3.63, 3.8) is 0 Å². The van der Waals surface area contributed by atoms with Gasteiger partial charge in [-0.25, -0.2) is 0 Å². The number of hydrogen-bond donors (Lipinski definition) is 1. The molecule has 1 N–H and O–H groups in total. The van der Waals surface area contributed by atoms with Gasteiger partial charge in [0, 0.05) is 6.42 Å². The molecule has 0 aromatic carbocycles. The van der Waals surface area contributed by atoms with E-state index in [0.29, 0.717) is 18.4 Å². The van der Waals surface area contributed by atoms with Crippen molar-refractivity contribution in [3.8, 4) is 0 Å². The van der Waals surface area contributed by atoms with E-state index in [2.05, 4.69) is 10.3 Å². The average Bonchev–Trinajstić information content (AvgIpc) is 2.30. The van der Waals surface area contributed by atoms with Gasteiger partial charge in [0.1, 0.15) is 6.29 Å². The van der Waals surface area contributed by atoms with Crippen LogP contribution in [0.15, 0.2) is 45.8 Å². The molecular formula is C12H16N2O3. The summed E-state index contributed by atoms with van der Waals surface area (Å²) in [5.41, 5.74) is 2.09. The van der Waals surface area contributed by atoms with Gasteiger partial charge in [-0.05, 0) is 25.5 Å². The van der Waals surface area contributed by atoms with E-state index in [1.54, 1.807) is 25.2 Å². The second-order valence-corrected chi connectivity index (χ2v) is 3.41. The van der Waals surface area contributed by atoms with Gasteiger partial charge in [-0.2, -0.15) is 4.91 Å². The van der Waals surface area contributed by atoms with Crippen LogP contribution in [-0.2, 0) is 4.79 Å². The summed E-state index contributed by atoms with van der Waals surface area (Å²) in [6, 6.07) is 0. The molecule has 5 heteroatoms. The lowest BCUT2D eigenvalue weighted by molar-refractivity contribution is -0.104. The van der Waals surface area contributed by atoms with Crippen molar-refractivity contribution >= 4 is 12.0 Å². The third kappa shape index (κ3) is 6.94. The number of carbonyl (C=O) groups is 1. The molecule has 0 saturated carbocycles. The lowest BCUT2D eigenvalue weighted by Crippen LogP contribution is -2.02. The second kappa shape index (κ2) is 9.21. The topological polar surface area (TPSA) is 79.1 Å². The zero-order valence-corrected chi connectivity index (χ0v) is 9.96. The maximum Gasteiger partial charge on any atom is 0.142 e. The number of carbonyl (C=O) groups excluding carboxylic acids is 1. The van der Waals surface area contributed by atoms with E-state index in [1.165, 1.54) is 6.08 Å². The molecule has 0 rings (SSSR count). The van der Waals surface area contributed by atoms with Gasteiger partial charge in [0.05, 0.1) is 12.3 Å². The Morgan fingerprint density at radius 1 is 1.29 bits per heavy atom. The third-order valence-electron chi connectivity index (χ3n) is 2.01. The normalized spacial score (nSPS) is 14.1. The van der Waals surface area contributed by atoms with Crippen LogP contribution in [0.5, 0.6) is 0 Å². The molecule has 17 heavy (non-hydrogen) atoms. The summed E-state index contributed by atoms with van der Waals surface area (Å²) < 4.78 is 0. The van der Waals surface area contributed by atoms with E-state index in [9.17, 15) is 9.70 Å². The summed E-state index contributed by atoms with van der Waals surface area (Å²) in [5.74, 6) is 0. The van der Waals surface area contributed by atoms with Gasteiger partial charge in [-0.1, -0.05) is 34.1 Å². The molecule has 0 fully saturated rings. The Balaban J connectivity index is 4.70. The van der Waals surface area contributed by atoms with Gasteiger partial charge in [0.2, 0.25) is 0 Å². The number of rotatable bonds is 7. The first kappa shape index (κ1) is 15.0. The number of allylic oxidation sites excluding steroid dienone is 6. The summed E-state index contributed by atoms with van der Waals surface area (Å²) in [4.78, 5) is 20.0. The molecule has 0 radical (unpaired) electrons. The van der Waals surface area contributed by atoms with E-state index in [1.807, 2.05) is 6.92 Å². The van der Waals surface area contributed by atoms with Crippen molar-refractivity contribution in [3.05, 3.63) is 40.4 Å². The highest BCUT2D eigenvalue weighted by molar-refractivity contribution is 5.99. The summed E-state index contributed by atoms with van der Waals surface area (Å²) in [5, 5.41) is 14.6. The second-order valence-electron chi connectivity index (χ2n) is 3.41. The molecule has 0 aliphatic carbocycles. The first-order valence-corrected chi connectivity index (χ1v) is 5.13. The lowest BCUT2D eigenvalue weighted by Gasteiger charge is -2.02. The monoisotopic (exact) mass is 236 g/mol. The van der Waals surface area contributed by atoms with Crippen LogP contribution in [0.25, 0.3) is 0 Å². The van der Waals surface area contributed by atoms with Gasteiger partial charge < -0.3 is 5.21 Å². The summed E-state index contributed by atoms with van der Waals surface area (Å²) in [7, 11) is 0. The van der Waals surface area contributed by atoms with E-state index in [4.69, 9.17) is 5.21 Å². The minimum Gasteiger partial charge on any atom is -0.411 e. The Morgan fingerprint density at radius 2 is 2.00 bits per heavy atom. The summed E-state index contributed by atoms with van der Waals surface area (Å²) in [6.07, 6.45) is 7.55. The van der Waals surface area contributed by atoms with E-state index < -0.39 is 0 Å². The molecule has 0 spiro atoms. The highest BCUT2D eigenvalue weighted by Gasteiger charge is 2.02. The Bertz CT molecular complexity index is 379. The first-order chi connectivity index (χ1) is 8.15. The highest BCUT2D eigenvalue weighted by Crippen LogP contribution is 2.07. The van der Waals surface area contributed by atoms with Crippen molar-refractivity contribution in [2.45, 2.75) is 20.3 Å². The highest BCUT2D eigenvalue weighted by atomic mass is 16.4. The van der Waals surface area contributed by atoms with Crippen LogP contribution < -0.4 is 0 Å². The van der Waals surface area contributed by atoms with Crippen molar-refractivity contribution in [2.75, 3.05) is 6.54 Å². The summed E-state index contributed by atoms with van der Waals surface area (Å²) in [6.45, 7) is 3.71. The van der Waals surface area contributed by atoms with Crippen LogP contribution >= 0.6 is 0 Å². The van der Waals surface area contributed by atoms with Gasteiger partial charge >= 0.3 is 0 Å². The molecule has 0 saturated heterocycles. The smallest absolute Gasteiger partial charge is 0.142 e. The fourth-order valence-corrected chi connectivity index (χ4v) is 1.20. The van der Waals surface area contributed by atoms with Crippen molar-refractivity contribution in [1.82, 2.24) is 0 Å². The van der Waals surface area contributed by atoms with Crippen LogP contribution in [0.1, 0.15) is 20.3 Å². The van der Waals surface area contributed by atoms with Crippen LogP contribution in [-0.4, -0.2) is 23.7 Å². The molecule has 0 aliphatic heterocycles. The summed E-state index contributed by atoms with van der Waals surface area (Å²) >= 11 is 0. The van der Waals surface area contributed by atoms with E-state index in [-0.39, 0.29) is 6.54 Å². The third-order valence-corrected chi connectivity index (χ3v) is 2.01. The molecule has 0 unspecified atom stereocenters. The number of nitroso groups, excluding NO2 is 1. The fourth-order valence-electron chi connectivity index (χ4n) is 1.20. The Labute approximate surface area is 100 Å².